The number of benzene rings is 1. The Morgan fingerprint density at radius 3 is 2.89 bits per heavy atom. The summed E-state index contributed by atoms with van der Waals surface area (Å²) in [5.41, 5.74) is 0.999. The molecule has 1 spiro atoms. The van der Waals surface area contributed by atoms with Gasteiger partial charge < -0.3 is 10.1 Å². The molecule has 1 aromatic rings. The van der Waals surface area contributed by atoms with Crippen molar-refractivity contribution in [1.82, 2.24) is 0 Å². The lowest BCUT2D eigenvalue weighted by molar-refractivity contribution is -0.0767. The normalized spacial score (nSPS) is 26.4. The van der Waals surface area contributed by atoms with Gasteiger partial charge in [-0.25, -0.2) is 4.39 Å². The Morgan fingerprint density at radius 1 is 1.28 bits per heavy atom. The summed E-state index contributed by atoms with van der Waals surface area (Å²) >= 11 is 0. The molecule has 0 bridgehead atoms. The molecule has 1 saturated carbocycles. The molecule has 1 N–H and O–H groups in total. The summed E-state index contributed by atoms with van der Waals surface area (Å²) in [6.45, 7) is 0.826. The predicted octanol–water partition coefficient (Wildman–Crippen LogP) is 3.73. The molecule has 1 aromatic carbocycles. The van der Waals surface area contributed by atoms with Gasteiger partial charge in [0.2, 0.25) is 0 Å². The molecule has 0 aromatic heterocycles. The molecule has 2 aliphatic rings. The smallest absolute Gasteiger partial charge is 0.125 e. The van der Waals surface area contributed by atoms with Crippen LogP contribution in [0.25, 0.3) is 0 Å². The largest absolute Gasteiger partial charge is 0.382 e. The second-order valence-corrected chi connectivity index (χ2v) is 5.58. The molecule has 3 heteroatoms. The van der Waals surface area contributed by atoms with Crippen LogP contribution in [0.1, 0.15) is 38.5 Å². The SMILES string of the molecule is Fc1cccc(NC2CCOC3(CCCC3)C2)c1. The van der Waals surface area contributed by atoms with Gasteiger partial charge in [-0.15, -0.1) is 0 Å². The molecule has 0 radical (unpaired) electrons. The average molecular weight is 249 g/mol. The van der Waals surface area contributed by atoms with Crippen LogP contribution in [0.2, 0.25) is 0 Å². The minimum absolute atomic E-state index is 0.114. The first kappa shape index (κ1) is 12.0. The molecule has 1 aliphatic heterocycles. The third-order valence-corrected chi connectivity index (χ3v) is 4.20. The highest BCUT2D eigenvalue weighted by Gasteiger charge is 2.39. The first-order valence-corrected chi connectivity index (χ1v) is 6.92. The van der Waals surface area contributed by atoms with Gasteiger partial charge in [0.15, 0.2) is 0 Å². The van der Waals surface area contributed by atoms with Gasteiger partial charge in [-0.1, -0.05) is 18.9 Å². The highest BCUT2D eigenvalue weighted by Crippen LogP contribution is 2.40. The van der Waals surface area contributed by atoms with Gasteiger partial charge in [0.05, 0.1) is 5.60 Å². The first-order valence-electron chi connectivity index (χ1n) is 6.92. The van der Waals surface area contributed by atoms with Crippen LogP contribution >= 0.6 is 0 Å². The summed E-state index contributed by atoms with van der Waals surface area (Å²) in [4.78, 5) is 0. The Labute approximate surface area is 108 Å². The zero-order valence-electron chi connectivity index (χ0n) is 10.6. The van der Waals surface area contributed by atoms with Gasteiger partial charge >= 0.3 is 0 Å². The van der Waals surface area contributed by atoms with Gasteiger partial charge in [-0.05, 0) is 43.9 Å². The van der Waals surface area contributed by atoms with Crippen molar-refractivity contribution in [1.29, 1.82) is 0 Å². The topological polar surface area (TPSA) is 21.3 Å². The van der Waals surface area contributed by atoms with Crippen LogP contribution in [-0.4, -0.2) is 18.2 Å². The van der Waals surface area contributed by atoms with E-state index < -0.39 is 0 Å². The summed E-state index contributed by atoms with van der Waals surface area (Å²) < 4.78 is 19.2. The number of hydrogen-bond acceptors (Lipinski definition) is 2. The quantitative estimate of drug-likeness (QED) is 0.862. The summed E-state index contributed by atoms with van der Waals surface area (Å²) in [7, 11) is 0. The highest BCUT2D eigenvalue weighted by molar-refractivity contribution is 5.44. The van der Waals surface area contributed by atoms with E-state index in [9.17, 15) is 4.39 Å². The van der Waals surface area contributed by atoms with Crippen molar-refractivity contribution in [3.05, 3.63) is 30.1 Å². The van der Waals surface area contributed by atoms with E-state index in [-0.39, 0.29) is 11.4 Å². The van der Waals surface area contributed by atoms with Gasteiger partial charge in [-0.3, -0.25) is 0 Å². The van der Waals surface area contributed by atoms with Crippen LogP contribution in [0.15, 0.2) is 24.3 Å². The van der Waals surface area contributed by atoms with E-state index in [1.807, 2.05) is 6.07 Å². The fourth-order valence-electron chi connectivity index (χ4n) is 3.33. The number of nitrogens with one attached hydrogen (secondary N) is 1. The fourth-order valence-corrected chi connectivity index (χ4v) is 3.33. The third kappa shape index (κ3) is 2.51. The Morgan fingerprint density at radius 2 is 2.11 bits per heavy atom. The lowest BCUT2D eigenvalue weighted by atomic mass is 9.89. The minimum atomic E-state index is -0.178. The molecule has 3 rings (SSSR count). The number of halogens is 1. The molecule has 1 saturated heterocycles. The Bertz CT molecular complexity index is 415. The monoisotopic (exact) mass is 249 g/mol. The number of rotatable bonds is 2. The molecule has 1 atom stereocenters. The van der Waals surface area contributed by atoms with Gasteiger partial charge in [0.25, 0.3) is 0 Å². The maximum absolute atomic E-state index is 13.2. The standard InChI is InChI=1S/C15H20FNO/c16-12-4-3-5-13(10-12)17-14-6-9-18-15(11-14)7-1-2-8-15/h3-5,10,14,17H,1-2,6-9,11H2. The molecule has 1 heterocycles. The molecule has 1 aliphatic carbocycles. The Hall–Kier alpha value is -1.09. The van der Waals surface area contributed by atoms with E-state index in [2.05, 4.69) is 5.32 Å². The second-order valence-electron chi connectivity index (χ2n) is 5.58. The summed E-state index contributed by atoms with van der Waals surface area (Å²) in [6, 6.07) is 7.14. The molecule has 2 nitrogen and oxygen atoms in total. The summed E-state index contributed by atoms with van der Waals surface area (Å²) in [5, 5.41) is 3.45. The minimum Gasteiger partial charge on any atom is -0.382 e. The maximum atomic E-state index is 13.2. The third-order valence-electron chi connectivity index (χ3n) is 4.20. The molecule has 0 amide bonds. The molecule has 2 fully saturated rings. The zero-order valence-corrected chi connectivity index (χ0v) is 10.6. The van der Waals surface area contributed by atoms with E-state index in [0.717, 1.165) is 25.1 Å². The lowest BCUT2D eigenvalue weighted by Gasteiger charge is -2.39. The van der Waals surface area contributed by atoms with Crippen LogP contribution in [0.5, 0.6) is 0 Å². The zero-order chi connectivity index (χ0) is 12.4. The number of ether oxygens (including phenoxy) is 1. The Balaban J connectivity index is 1.66. The van der Waals surface area contributed by atoms with Crippen LogP contribution in [0, 0.1) is 5.82 Å². The van der Waals surface area contributed by atoms with E-state index in [1.165, 1.54) is 31.7 Å². The van der Waals surface area contributed by atoms with Crippen LogP contribution in [-0.2, 0) is 4.74 Å². The second kappa shape index (κ2) is 4.88. The molecule has 1 unspecified atom stereocenters. The van der Waals surface area contributed by atoms with E-state index >= 15 is 0 Å². The first-order chi connectivity index (χ1) is 8.76. The maximum Gasteiger partial charge on any atom is 0.125 e. The highest BCUT2D eigenvalue weighted by atomic mass is 19.1. The average Bonchev–Trinajstić information content (AvgIpc) is 2.77. The van der Waals surface area contributed by atoms with E-state index in [1.54, 1.807) is 12.1 Å². The summed E-state index contributed by atoms with van der Waals surface area (Å²) in [5.74, 6) is -0.178. The number of anilines is 1. The molecular formula is C15H20FNO. The number of hydrogen-bond donors (Lipinski definition) is 1. The van der Waals surface area contributed by atoms with Crippen LogP contribution in [0.3, 0.4) is 0 Å². The van der Waals surface area contributed by atoms with Crippen molar-refractivity contribution in [2.75, 3.05) is 11.9 Å². The molecular weight excluding hydrogens is 229 g/mol. The van der Waals surface area contributed by atoms with Gasteiger partial charge in [0.1, 0.15) is 5.82 Å². The fraction of sp³-hybridized carbons (Fsp3) is 0.600. The van der Waals surface area contributed by atoms with Crippen LogP contribution < -0.4 is 5.32 Å². The molecule has 18 heavy (non-hydrogen) atoms. The van der Waals surface area contributed by atoms with E-state index in [4.69, 9.17) is 4.74 Å². The lowest BCUT2D eigenvalue weighted by Crippen LogP contribution is -2.42. The van der Waals surface area contributed by atoms with E-state index in [0.29, 0.717) is 6.04 Å². The van der Waals surface area contributed by atoms with Crippen molar-refractivity contribution >= 4 is 5.69 Å². The van der Waals surface area contributed by atoms with Crippen molar-refractivity contribution < 1.29 is 9.13 Å². The van der Waals surface area contributed by atoms with Crippen LogP contribution in [0.4, 0.5) is 10.1 Å². The Kier molecular flexibility index (Phi) is 3.25. The summed E-state index contributed by atoms with van der Waals surface area (Å²) in [6.07, 6.45) is 7.02. The van der Waals surface area contributed by atoms with Crippen molar-refractivity contribution in [3.63, 3.8) is 0 Å². The van der Waals surface area contributed by atoms with Crippen molar-refractivity contribution in [2.24, 2.45) is 0 Å². The molecule has 98 valence electrons. The van der Waals surface area contributed by atoms with Gasteiger partial charge in [-0.2, -0.15) is 0 Å². The predicted molar refractivity (Wildman–Crippen MR) is 70.2 cm³/mol. The van der Waals surface area contributed by atoms with Crippen molar-refractivity contribution in [2.45, 2.75) is 50.2 Å². The van der Waals surface area contributed by atoms with Crippen molar-refractivity contribution in [3.8, 4) is 0 Å². The van der Waals surface area contributed by atoms with Gasteiger partial charge in [0, 0.05) is 18.3 Å².